The van der Waals surface area contributed by atoms with Gasteiger partial charge in [-0.15, -0.1) is 0 Å². The number of carbonyl (C=O) groups is 1. The summed E-state index contributed by atoms with van der Waals surface area (Å²) in [6, 6.07) is 0.837. The molecule has 1 aliphatic carbocycles. The molecule has 116 valence electrons. The van der Waals surface area contributed by atoms with Gasteiger partial charge in [0.1, 0.15) is 10.6 Å². The van der Waals surface area contributed by atoms with E-state index in [9.17, 15) is 4.79 Å². The highest BCUT2D eigenvalue weighted by Gasteiger charge is 2.34. The number of hydrogen-bond donors (Lipinski definition) is 2. The van der Waals surface area contributed by atoms with Crippen molar-refractivity contribution < 1.29 is 9.53 Å². The van der Waals surface area contributed by atoms with E-state index in [1.54, 1.807) is 6.92 Å². The third-order valence-electron chi connectivity index (χ3n) is 4.13. The van der Waals surface area contributed by atoms with Gasteiger partial charge in [-0.05, 0) is 50.2 Å². The lowest BCUT2D eigenvalue weighted by molar-refractivity contribution is 0.0529. The van der Waals surface area contributed by atoms with Crippen LogP contribution in [0.15, 0.2) is 0 Å². The summed E-state index contributed by atoms with van der Waals surface area (Å²) in [6.45, 7) is 5.34. The SMILES string of the molecule is CCOC(=O)c1c(N)nsc1NCC1CCN(C2CC2)C1. The minimum Gasteiger partial charge on any atom is -0.462 e. The van der Waals surface area contributed by atoms with Gasteiger partial charge >= 0.3 is 5.97 Å². The second-order valence-corrected chi connectivity index (χ2v) is 6.53. The first-order valence-electron chi connectivity index (χ1n) is 7.59. The summed E-state index contributed by atoms with van der Waals surface area (Å²) in [7, 11) is 0. The molecule has 1 aliphatic heterocycles. The summed E-state index contributed by atoms with van der Waals surface area (Å²) >= 11 is 1.23. The number of ether oxygens (including phenoxy) is 1. The normalized spacial score (nSPS) is 22.4. The van der Waals surface area contributed by atoms with Gasteiger partial charge < -0.3 is 20.7 Å². The molecular formula is C14H22N4O2S. The van der Waals surface area contributed by atoms with E-state index in [-0.39, 0.29) is 5.82 Å². The molecule has 0 aromatic carbocycles. The van der Waals surface area contributed by atoms with Crippen LogP contribution < -0.4 is 11.1 Å². The molecule has 0 amide bonds. The Labute approximate surface area is 128 Å². The number of anilines is 2. The summed E-state index contributed by atoms with van der Waals surface area (Å²) in [5.41, 5.74) is 6.16. The van der Waals surface area contributed by atoms with Crippen LogP contribution in [0.3, 0.4) is 0 Å². The number of hydrogen-bond acceptors (Lipinski definition) is 7. The topological polar surface area (TPSA) is 80.5 Å². The Morgan fingerprint density at radius 1 is 1.52 bits per heavy atom. The summed E-state index contributed by atoms with van der Waals surface area (Å²) < 4.78 is 9.10. The molecule has 0 bridgehead atoms. The standard InChI is InChI=1S/C14H22N4O2S/c1-2-20-14(19)11-12(15)17-21-13(11)16-7-9-5-6-18(8-9)10-3-4-10/h9-10,16H,2-8H2,1H3,(H2,15,17). The second-order valence-electron chi connectivity index (χ2n) is 5.75. The quantitative estimate of drug-likeness (QED) is 0.780. The van der Waals surface area contributed by atoms with Crippen molar-refractivity contribution in [1.82, 2.24) is 9.27 Å². The van der Waals surface area contributed by atoms with E-state index in [0.717, 1.165) is 24.1 Å². The monoisotopic (exact) mass is 310 g/mol. The molecule has 1 unspecified atom stereocenters. The van der Waals surface area contributed by atoms with Crippen LogP contribution in [0.5, 0.6) is 0 Å². The third-order valence-corrected chi connectivity index (χ3v) is 4.95. The fourth-order valence-electron chi connectivity index (χ4n) is 2.86. The van der Waals surface area contributed by atoms with Gasteiger partial charge in [-0.2, -0.15) is 4.37 Å². The molecule has 1 atom stereocenters. The smallest absolute Gasteiger partial charge is 0.344 e. The number of carbonyl (C=O) groups excluding carboxylic acids is 1. The number of nitrogen functional groups attached to an aromatic ring is 1. The van der Waals surface area contributed by atoms with Crippen LogP contribution in [0, 0.1) is 5.92 Å². The molecule has 1 aromatic rings. The highest BCUT2D eigenvalue weighted by Crippen LogP contribution is 2.32. The van der Waals surface area contributed by atoms with Crippen molar-refractivity contribution in [3.63, 3.8) is 0 Å². The number of nitrogens with two attached hydrogens (primary N) is 1. The molecule has 1 saturated carbocycles. The molecule has 1 saturated heterocycles. The van der Waals surface area contributed by atoms with Crippen LogP contribution in [-0.4, -0.2) is 47.5 Å². The molecule has 21 heavy (non-hydrogen) atoms. The van der Waals surface area contributed by atoms with Crippen molar-refractivity contribution in [3.8, 4) is 0 Å². The Morgan fingerprint density at radius 2 is 2.33 bits per heavy atom. The number of esters is 1. The van der Waals surface area contributed by atoms with Crippen molar-refractivity contribution in [2.24, 2.45) is 5.92 Å². The van der Waals surface area contributed by atoms with Crippen molar-refractivity contribution in [2.45, 2.75) is 32.2 Å². The van der Waals surface area contributed by atoms with Gasteiger partial charge in [0.2, 0.25) is 0 Å². The minimum atomic E-state index is -0.391. The van der Waals surface area contributed by atoms with Crippen LogP contribution in [0.25, 0.3) is 0 Å². The summed E-state index contributed by atoms with van der Waals surface area (Å²) in [5, 5.41) is 4.08. The predicted molar refractivity (Wildman–Crippen MR) is 83.7 cm³/mol. The van der Waals surface area contributed by atoms with Crippen molar-refractivity contribution >= 4 is 28.3 Å². The van der Waals surface area contributed by atoms with Crippen LogP contribution in [0.1, 0.15) is 36.5 Å². The minimum absolute atomic E-state index is 0.256. The van der Waals surface area contributed by atoms with E-state index >= 15 is 0 Å². The highest BCUT2D eigenvalue weighted by molar-refractivity contribution is 7.11. The molecule has 3 N–H and O–H groups in total. The molecule has 7 heteroatoms. The van der Waals surface area contributed by atoms with Gasteiger partial charge in [-0.3, -0.25) is 0 Å². The van der Waals surface area contributed by atoms with E-state index in [2.05, 4.69) is 14.6 Å². The molecule has 2 heterocycles. The Kier molecular flexibility index (Phi) is 4.30. The van der Waals surface area contributed by atoms with Gasteiger partial charge in [-0.1, -0.05) is 0 Å². The zero-order valence-electron chi connectivity index (χ0n) is 12.3. The number of aromatic nitrogens is 1. The lowest BCUT2D eigenvalue weighted by Crippen LogP contribution is -2.25. The summed E-state index contributed by atoms with van der Waals surface area (Å²) in [6.07, 6.45) is 3.93. The van der Waals surface area contributed by atoms with Gasteiger partial charge in [0.25, 0.3) is 0 Å². The molecule has 1 aromatic heterocycles. The Hall–Kier alpha value is -1.34. The Morgan fingerprint density at radius 3 is 3.05 bits per heavy atom. The van der Waals surface area contributed by atoms with Gasteiger partial charge in [0.05, 0.1) is 6.61 Å². The maximum atomic E-state index is 11.9. The van der Waals surface area contributed by atoms with Crippen LogP contribution in [-0.2, 0) is 4.74 Å². The summed E-state index contributed by atoms with van der Waals surface area (Å²) in [5.74, 6) is 0.494. The van der Waals surface area contributed by atoms with Crippen molar-refractivity contribution in [1.29, 1.82) is 0 Å². The molecule has 2 fully saturated rings. The van der Waals surface area contributed by atoms with E-state index < -0.39 is 5.97 Å². The lowest BCUT2D eigenvalue weighted by Gasteiger charge is -2.15. The van der Waals surface area contributed by atoms with E-state index in [1.165, 1.54) is 37.3 Å². The average molecular weight is 310 g/mol. The van der Waals surface area contributed by atoms with E-state index in [1.807, 2.05) is 0 Å². The Balaban J connectivity index is 1.56. The zero-order valence-corrected chi connectivity index (χ0v) is 13.1. The second kappa shape index (κ2) is 6.19. The fourth-order valence-corrected chi connectivity index (χ4v) is 3.57. The largest absolute Gasteiger partial charge is 0.462 e. The first-order valence-corrected chi connectivity index (χ1v) is 8.36. The van der Waals surface area contributed by atoms with Crippen LogP contribution in [0.4, 0.5) is 10.8 Å². The van der Waals surface area contributed by atoms with Crippen LogP contribution in [0.2, 0.25) is 0 Å². The Bertz CT molecular complexity index is 515. The maximum absolute atomic E-state index is 11.9. The van der Waals surface area contributed by atoms with Gasteiger partial charge in [0, 0.05) is 19.1 Å². The lowest BCUT2D eigenvalue weighted by atomic mass is 10.1. The zero-order chi connectivity index (χ0) is 14.8. The van der Waals surface area contributed by atoms with Gasteiger partial charge in [-0.25, -0.2) is 4.79 Å². The number of likely N-dealkylation sites (tertiary alicyclic amines) is 1. The van der Waals surface area contributed by atoms with E-state index in [0.29, 0.717) is 18.1 Å². The molecule has 3 rings (SSSR count). The number of rotatable bonds is 6. The molecule has 0 spiro atoms. The molecule has 2 aliphatic rings. The third kappa shape index (κ3) is 3.29. The highest BCUT2D eigenvalue weighted by atomic mass is 32.1. The molecular weight excluding hydrogens is 288 g/mol. The van der Waals surface area contributed by atoms with Crippen molar-refractivity contribution in [3.05, 3.63) is 5.56 Å². The predicted octanol–water partition coefficient (Wildman–Crippen LogP) is 1.80. The number of nitrogens with one attached hydrogen (secondary N) is 1. The first-order chi connectivity index (χ1) is 10.2. The maximum Gasteiger partial charge on any atom is 0.344 e. The molecule has 0 radical (unpaired) electrons. The van der Waals surface area contributed by atoms with E-state index in [4.69, 9.17) is 10.5 Å². The summed E-state index contributed by atoms with van der Waals surface area (Å²) in [4.78, 5) is 14.5. The molecule has 6 nitrogen and oxygen atoms in total. The average Bonchev–Trinajstić information content (AvgIpc) is 3.09. The number of nitrogens with zero attached hydrogens (tertiary/aromatic N) is 2. The van der Waals surface area contributed by atoms with Crippen molar-refractivity contribution in [2.75, 3.05) is 37.3 Å². The van der Waals surface area contributed by atoms with Gasteiger partial charge in [0.15, 0.2) is 5.82 Å². The first kappa shape index (κ1) is 14.6. The fraction of sp³-hybridized carbons (Fsp3) is 0.714. The van der Waals surface area contributed by atoms with Crippen LogP contribution >= 0.6 is 11.5 Å².